The second-order valence-electron chi connectivity index (χ2n) is 6.77. The van der Waals surface area contributed by atoms with Crippen molar-refractivity contribution < 1.29 is 9.53 Å². The Balaban J connectivity index is 2.15. The molecule has 0 atom stereocenters. The zero-order chi connectivity index (χ0) is 15.6. The number of benzene rings is 1. The molecule has 0 aromatic heterocycles. The summed E-state index contributed by atoms with van der Waals surface area (Å²) in [5, 5.41) is 3.35. The second-order valence-corrected chi connectivity index (χ2v) is 6.77. The molecule has 1 saturated heterocycles. The van der Waals surface area contributed by atoms with E-state index < -0.39 is 5.60 Å². The summed E-state index contributed by atoms with van der Waals surface area (Å²) in [7, 11) is 0. The monoisotopic (exact) mass is 289 g/mol. The summed E-state index contributed by atoms with van der Waals surface area (Å²) in [6.07, 6.45) is 2.12. The minimum Gasteiger partial charge on any atom is -0.456 e. The summed E-state index contributed by atoms with van der Waals surface area (Å²) >= 11 is 0. The van der Waals surface area contributed by atoms with E-state index in [1.807, 2.05) is 33.8 Å². The molecule has 0 unspecified atom stereocenters. The lowest BCUT2D eigenvalue weighted by Crippen LogP contribution is -2.42. The van der Waals surface area contributed by atoms with Gasteiger partial charge < -0.3 is 10.1 Å². The fourth-order valence-electron chi connectivity index (χ4n) is 3.07. The van der Waals surface area contributed by atoms with Crippen molar-refractivity contribution in [3.05, 3.63) is 34.4 Å². The van der Waals surface area contributed by atoms with Crippen LogP contribution in [0.1, 0.15) is 53.7 Å². The minimum absolute atomic E-state index is 0.195. The molecule has 116 valence electrons. The van der Waals surface area contributed by atoms with Crippen LogP contribution in [0, 0.1) is 26.7 Å². The lowest BCUT2D eigenvalue weighted by atomic mass is 9.83. The molecule has 1 fully saturated rings. The lowest BCUT2D eigenvalue weighted by molar-refractivity contribution is -0.0368. The van der Waals surface area contributed by atoms with Crippen LogP contribution in [0.2, 0.25) is 0 Å². The highest BCUT2D eigenvalue weighted by Crippen LogP contribution is 2.30. The van der Waals surface area contributed by atoms with Crippen molar-refractivity contribution in [3.8, 4) is 0 Å². The van der Waals surface area contributed by atoms with Crippen molar-refractivity contribution >= 4 is 5.97 Å². The highest BCUT2D eigenvalue weighted by atomic mass is 16.6. The quantitative estimate of drug-likeness (QED) is 0.865. The number of carbonyl (C=O) groups excluding carboxylic acids is 1. The predicted molar refractivity (Wildman–Crippen MR) is 85.7 cm³/mol. The molecule has 0 amide bonds. The number of carbonyl (C=O) groups is 1. The van der Waals surface area contributed by atoms with E-state index in [9.17, 15) is 4.79 Å². The SMILES string of the molecule is Cc1cc(C)c(C(=O)OC(C)(C)C2CCNCC2)cc1C. The van der Waals surface area contributed by atoms with Gasteiger partial charge in [0.05, 0.1) is 5.56 Å². The molecule has 0 saturated carbocycles. The fourth-order valence-corrected chi connectivity index (χ4v) is 3.07. The average Bonchev–Trinajstić information content (AvgIpc) is 2.43. The first-order valence-electron chi connectivity index (χ1n) is 7.83. The minimum atomic E-state index is -0.412. The van der Waals surface area contributed by atoms with E-state index in [1.165, 1.54) is 5.56 Å². The highest BCUT2D eigenvalue weighted by molar-refractivity contribution is 5.91. The molecule has 2 rings (SSSR count). The maximum absolute atomic E-state index is 12.5. The molecule has 1 heterocycles. The molecule has 1 N–H and O–H groups in total. The molecule has 1 aliphatic heterocycles. The molecule has 21 heavy (non-hydrogen) atoms. The molecule has 0 spiro atoms. The van der Waals surface area contributed by atoms with Crippen LogP contribution < -0.4 is 5.32 Å². The van der Waals surface area contributed by atoms with Gasteiger partial charge in [0.25, 0.3) is 0 Å². The summed E-state index contributed by atoms with van der Waals surface area (Å²) in [4.78, 5) is 12.5. The van der Waals surface area contributed by atoms with Gasteiger partial charge in [0.1, 0.15) is 5.60 Å². The van der Waals surface area contributed by atoms with Crippen molar-refractivity contribution in [1.29, 1.82) is 0 Å². The van der Waals surface area contributed by atoms with Crippen LogP contribution in [0.3, 0.4) is 0 Å². The molecule has 1 aliphatic rings. The van der Waals surface area contributed by atoms with E-state index in [4.69, 9.17) is 4.74 Å². The van der Waals surface area contributed by atoms with Crippen LogP contribution in [0.5, 0.6) is 0 Å². The van der Waals surface area contributed by atoms with Gasteiger partial charge in [-0.25, -0.2) is 4.79 Å². The number of esters is 1. The number of rotatable bonds is 3. The Bertz CT molecular complexity index is 528. The summed E-state index contributed by atoms with van der Waals surface area (Å²) in [5.41, 5.74) is 3.61. The first-order valence-corrected chi connectivity index (χ1v) is 7.83. The van der Waals surface area contributed by atoms with E-state index in [2.05, 4.69) is 18.3 Å². The first-order chi connectivity index (χ1) is 9.81. The third kappa shape index (κ3) is 3.65. The standard InChI is InChI=1S/C18H27NO2/c1-12-10-14(3)16(11-13(12)2)17(20)21-18(4,5)15-6-8-19-9-7-15/h10-11,15,19H,6-9H2,1-5H3. The Hall–Kier alpha value is -1.35. The van der Waals surface area contributed by atoms with Crippen molar-refractivity contribution in [1.82, 2.24) is 5.32 Å². The molecule has 0 bridgehead atoms. The number of ether oxygens (including phenoxy) is 1. The second kappa shape index (κ2) is 6.18. The maximum Gasteiger partial charge on any atom is 0.338 e. The molecule has 3 nitrogen and oxygen atoms in total. The van der Waals surface area contributed by atoms with Gasteiger partial charge in [-0.1, -0.05) is 6.07 Å². The molecule has 0 radical (unpaired) electrons. The van der Waals surface area contributed by atoms with Crippen molar-refractivity contribution in [2.45, 2.75) is 53.1 Å². The van der Waals surface area contributed by atoms with Crippen LogP contribution in [0.15, 0.2) is 12.1 Å². The van der Waals surface area contributed by atoms with Crippen molar-refractivity contribution in [2.75, 3.05) is 13.1 Å². The first kappa shape index (κ1) is 16.0. The van der Waals surface area contributed by atoms with E-state index in [-0.39, 0.29) is 5.97 Å². The van der Waals surface area contributed by atoms with Gasteiger partial charge in [-0.2, -0.15) is 0 Å². The van der Waals surface area contributed by atoms with E-state index >= 15 is 0 Å². The summed E-state index contributed by atoms with van der Waals surface area (Å²) < 4.78 is 5.87. The number of hydrogen-bond donors (Lipinski definition) is 1. The Kier molecular flexibility index (Phi) is 4.72. The van der Waals surface area contributed by atoms with Gasteiger partial charge in [0, 0.05) is 5.92 Å². The van der Waals surface area contributed by atoms with Crippen LogP contribution >= 0.6 is 0 Å². The van der Waals surface area contributed by atoms with Gasteiger partial charge >= 0.3 is 5.97 Å². The van der Waals surface area contributed by atoms with Crippen LogP contribution in [-0.2, 0) is 4.74 Å². The van der Waals surface area contributed by atoms with E-state index in [1.54, 1.807) is 0 Å². The van der Waals surface area contributed by atoms with E-state index in [0.717, 1.165) is 37.1 Å². The van der Waals surface area contributed by atoms with Crippen LogP contribution in [0.25, 0.3) is 0 Å². The summed E-state index contributed by atoms with van der Waals surface area (Å²) in [6.45, 7) is 12.2. The van der Waals surface area contributed by atoms with Gasteiger partial charge in [0.15, 0.2) is 0 Å². The Morgan fingerprint density at radius 1 is 1.10 bits per heavy atom. The van der Waals surface area contributed by atoms with Gasteiger partial charge in [-0.05, 0) is 83.3 Å². The number of aryl methyl sites for hydroxylation is 3. The summed E-state index contributed by atoms with van der Waals surface area (Å²) in [5.74, 6) is 0.230. The maximum atomic E-state index is 12.5. The Labute approximate surface area is 128 Å². The van der Waals surface area contributed by atoms with Crippen LogP contribution in [-0.4, -0.2) is 24.7 Å². The molecule has 1 aromatic rings. The topological polar surface area (TPSA) is 38.3 Å². The molecule has 1 aromatic carbocycles. The molecule has 0 aliphatic carbocycles. The zero-order valence-electron chi connectivity index (χ0n) is 13.9. The number of hydrogen-bond acceptors (Lipinski definition) is 3. The predicted octanol–water partition coefficient (Wildman–Crippen LogP) is 3.55. The Morgan fingerprint density at radius 3 is 2.29 bits per heavy atom. The van der Waals surface area contributed by atoms with Crippen LogP contribution in [0.4, 0.5) is 0 Å². The largest absolute Gasteiger partial charge is 0.456 e. The third-order valence-electron chi connectivity index (χ3n) is 4.74. The van der Waals surface area contributed by atoms with E-state index in [0.29, 0.717) is 11.5 Å². The lowest BCUT2D eigenvalue weighted by Gasteiger charge is -2.36. The van der Waals surface area contributed by atoms with Gasteiger partial charge in [0.2, 0.25) is 0 Å². The van der Waals surface area contributed by atoms with Gasteiger partial charge in [-0.15, -0.1) is 0 Å². The highest BCUT2D eigenvalue weighted by Gasteiger charge is 2.34. The van der Waals surface area contributed by atoms with Crippen molar-refractivity contribution in [2.24, 2.45) is 5.92 Å². The smallest absolute Gasteiger partial charge is 0.338 e. The normalized spacial score (nSPS) is 16.8. The van der Waals surface area contributed by atoms with Gasteiger partial charge in [-0.3, -0.25) is 0 Å². The fraction of sp³-hybridized carbons (Fsp3) is 0.611. The Morgan fingerprint density at radius 2 is 1.67 bits per heavy atom. The number of piperidine rings is 1. The average molecular weight is 289 g/mol. The molecular formula is C18H27NO2. The third-order valence-corrected chi connectivity index (χ3v) is 4.74. The number of nitrogens with one attached hydrogen (secondary N) is 1. The summed E-state index contributed by atoms with van der Waals surface area (Å²) in [6, 6.07) is 4.01. The zero-order valence-corrected chi connectivity index (χ0v) is 13.9. The molecular weight excluding hydrogens is 262 g/mol. The molecule has 3 heteroatoms. The van der Waals surface area contributed by atoms with Crippen molar-refractivity contribution in [3.63, 3.8) is 0 Å².